The second-order valence-corrected chi connectivity index (χ2v) is 7.17. The van der Waals surface area contributed by atoms with Gasteiger partial charge in [-0.2, -0.15) is 14.4 Å². The Balaban J connectivity index is 1.84. The normalized spacial score (nSPS) is 12.5. The van der Waals surface area contributed by atoms with E-state index in [9.17, 15) is 18.0 Å². The summed E-state index contributed by atoms with van der Waals surface area (Å²) >= 11 is 0. The van der Waals surface area contributed by atoms with Crippen LogP contribution in [0.15, 0.2) is 58.0 Å². The quantitative estimate of drug-likeness (QED) is 0.425. The Morgan fingerprint density at radius 2 is 1.88 bits per heavy atom. The molecule has 10 heteroatoms. The molecule has 7 nitrogen and oxygen atoms in total. The summed E-state index contributed by atoms with van der Waals surface area (Å²) in [5, 5.41) is -0.254. The number of benzene rings is 2. The van der Waals surface area contributed by atoms with Gasteiger partial charge in [-0.1, -0.05) is 18.2 Å². The maximum Gasteiger partial charge on any atom is 0.312 e. The first-order chi connectivity index (χ1) is 15.3. The minimum absolute atomic E-state index is 0.0155. The van der Waals surface area contributed by atoms with Crippen molar-refractivity contribution in [2.75, 3.05) is 5.73 Å². The molecule has 32 heavy (non-hydrogen) atoms. The predicted octanol–water partition coefficient (Wildman–Crippen LogP) is 4.21. The van der Waals surface area contributed by atoms with Crippen LogP contribution in [0.25, 0.3) is 33.3 Å². The van der Waals surface area contributed by atoms with Crippen LogP contribution in [0.1, 0.15) is 18.7 Å². The van der Waals surface area contributed by atoms with E-state index < -0.39 is 29.2 Å². The van der Waals surface area contributed by atoms with Gasteiger partial charge in [-0.25, -0.2) is 13.8 Å². The predicted molar refractivity (Wildman–Crippen MR) is 111 cm³/mol. The average molecular weight is 437 g/mol. The van der Waals surface area contributed by atoms with Crippen LogP contribution in [-0.2, 0) is 0 Å². The van der Waals surface area contributed by atoms with Crippen LogP contribution in [0.5, 0.6) is 0 Å². The molecule has 0 aliphatic carbocycles. The van der Waals surface area contributed by atoms with Crippen molar-refractivity contribution in [1.29, 1.82) is 0 Å². The van der Waals surface area contributed by atoms with Gasteiger partial charge in [-0.05, 0) is 36.8 Å². The summed E-state index contributed by atoms with van der Waals surface area (Å²) in [5.41, 5.74) is 5.51. The summed E-state index contributed by atoms with van der Waals surface area (Å²) in [7, 11) is 0. The summed E-state index contributed by atoms with van der Waals surface area (Å²) in [6, 6.07) is 8.56. The fourth-order valence-electron chi connectivity index (χ4n) is 3.75. The lowest BCUT2D eigenvalue weighted by molar-refractivity contribution is 0.464. The SMILES string of the molecule is CC(c1oc2cccc(F)c2c(=O)c1-c1cccc(F)c1)n1cnc2c(N)nc(F)nc21. The first kappa shape index (κ1) is 19.7. The highest BCUT2D eigenvalue weighted by Crippen LogP contribution is 2.33. The maximum atomic E-state index is 14.5. The zero-order chi connectivity index (χ0) is 22.6. The van der Waals surface area contributed by atoms with Gasteiger partial charge in [0.1, 0.15) is 33.9 Å². The molecule has 2 N–H and O–H groups in total. The van der Waals surface area contributed by atoms with E-state index in [1.54, 1.807) is 6.92 Å². The van der Waals surface area contributed by atoms with Crippen molar-refractivity contribution >= 4 is 28.0 Å². The summed E-state index contributed by atoms with van der Waals surface area (Å²) in [4.78, 5) is 24.7. The lowest BCUT2D eigenvalue weighted by atomic mass is 9.99. The van der Waals surface area contributed by atoms with Crippen molar-refractivity contribution < 1.29 is 17.6 Å². The van der Waals surface area contributed by atoms with Gasteiger partial charge < -0.3 is 14.7 Å². The number of nitrogens with zero attached hydrogens (tertiary/aromatic N) is 4. The van der Waals surface area contributed by atoms with Gasteiger partial charge in [0, 0.05) is 0 Å². The van der Waals surface area contributed by atoms with E-state index in [1.165, 1.54) is 41.2 Å². The van der Waals surface area contributed by atoms with Gasteiger partial charge in [-0.15, -0.1) is 0 Å². The highest BCUT2D eigenvalue weighted by Gasteiger charge is 2.25. The molecular formula is C22H14F3N5O2. The number of nitrogens with two attached hydrogens (primary N) is 1. The van der Waals surface area contributed by atoms with Crippen LogP contribution in [0, 0.1) is 17.7 Å². The van der Waals surface area contributed by atoms with E-state index >= 15 is 0 Å². The second-order valence-electron chi connectivity index (χ2n) is 7.17. The molecule has 0 saturated carbocycles. The Labute approximate surface area is 178 Å². The largest absolute Gasteiger partial charge is 0.458 e. The summed E-state index contributed by atoms with van der Waals surface area (Å²) in [6.45, 7) is 1.66. The van der Waals surface area contributed by atoms with Gasteiger partial charge >= 0.3 is 6.08 Å². The number of fused-ring (bicyclic) bond motifs is 2. The van der Waals surface area contributed by atoms with Crippen LogP contribution in [0.3, 0.4) is 0 Å². The average Bonchev–Trinajstić information content (AvgIpc) is 3.17. The Bertz CT molecular complexity index is 1580. The molecule has 0 radical (unpaired) electrons. The number of hydrogen-bond acceptors (Lipinski definition) is 6. The minimum Gasteiger partial charge on any atom is -0.458 e. The first-order valence-corrected chi connectivity index (χ1v) is 9.52. The van der Waals surface area contributed by atoms with Crippen molar-refractivity contribution in [3.05, 3.63) is 82.5 Å². The number of rotatable bonds is 3. The highest BCUT2D eigenvalue weighted by atomic mass is 19.1. The monoisotopic (exact) mass is 437 g/mol. The molecule has 0 aliphatic heterocycles. The standard InChI is InChI=1S/C22H14F3N5O2/c1-10(30-9-27-17-20(26)28-22(25)29-21(17)30)19-15(11-4-2-5-12(23)8-11)18(31)16-13(24)6-3-7-14(16)32-19/h2-10H,1H3,(H2,26,28,29). The van der Waals surface area contributed by atoms with E-state index in [2.05, 4.69) is 15.0 Å². The van der Waals surface area contributed by atoms with Crippen molar-refractivity contribution in [2.45, 2.75) is 13.0 Å². The number of nitrogen functional groups attached to an aromatic ring is 1. The zero-order valence-corrected chi connectivity index (χ0v) is 16.5. The number of imidazole rings is 1. The number of hydrogen-bond donors (Lipinski definition) is 1. The van der Waals surface area contributed by atoms with E-state index in [0.29, 0.717) is 0 Å². The smallest absolute Gasteiger partial charge is 0.312 e. The topological polar surface area (TPSA) is 99.8 Å². The molecular weight excluding hydrogens is 423 g/mol. The second kappa shape index (κ2) is 7.19. The van der Waals surface area contributed by atoms with Crippen LogP contribution >= 0.6 is 0 Å². The van der Waals surface area contributed by atoms with E-state index in [1.807, 2.05) is 0 Å². The molecule has 0 spiro atoms. The summed E-state index contributed by atoms with van der Waals surface area (Å²) in [6.07, 6.45) is 0.307. The lowest BCUT2D eigenvalue weighted by Crippen LogP contribution is -2.16. The van der Waals surface area contributed by atoms with Crippen molar-refractivity contribution in [3.8, 4) is 11.1 Å². The summed E-state index contributed by atoms with van der Waals surface area (Å²) in [5.74, 6) is -1.39. The lowest BCUT2D eigenvalue weighted by Gasteiger charge is -2.18. The van der Waals surface area contributed by atoms with Crippen LogP contribution in [-0.4, -0.2) is 19.5 Å². The fraction of sp³-hybridized carbons (Fsp3) is 0.0909. The molecule has 5 rings (SSSR count). The molecule has 0 amide bonds. The molecule has 0 aliphatic rings. The third-order valence-electron chi connectivity index (χ3n) is 5.23. The number of aromatic nitrogens is 4. The molecule has 160 valence electrons. The Morgan fingerprint density at radius 3 is 2.66 bits per heavy atom. The molecule has 1 unspecified atom stereocenters. The van der Waals surface area contributed by atoms with Gasteiger partial charge in [0.05, 0.1) is 17.9 Å². The number of anilines is 1. The van der Waals surface area contributed by atoms with Crippen molar-refractivity contribution in [1.82, 2.24) is 19.5 Å². The molecule has 0 bridgehead atoms. The maximum absolute atomic E-state index is 14.5. The van der Waals surface area contributed by atoms with E-state index in [4.69, 9.17) is 10.2 Å². The molecule has 2 aromatic carbocycles. The summed E-state index contributed by atoms with van der Waals surface area (Å²) < 4.78 is 49.7. The third kappa shape index (κ3) is 2.99. The van der Waals surface area contributed by atoms with Crippen molar-refractivity contribution in [3.63, 3.8) is 0 Å². The van der Waals surface area contributed by atoms with Gasteiger partial charge in [0.15, 0.2) is 11.5 Å². The van der Waals surface area contributed by atoms with Crippen molar-refractivity contribution in [2.24, 2.45) is 0 Å². The molecule has 3 heterocycles. The Hall–Kier alpha value is -4.21. The minimum atomic E-state index is -1.05. The van der Waals surface area contributed by atoms with Gasteiger partial charge in [-0.3, -0.25) is 4.79 Å². The van der Waals surface area contributed by atoms with Crippen LogP contribution in [0.2, 0.25) is 0 Å². The van der Waals surface area contributed by atoms with Crippen LogP contribution in [0.4, 0.5) is 19.0 Å². The van der Waals surface area contributed by atoms with E-state index in [-0.39, 0.29) is 44.8 Å². The third-order valence-corrected chi connectivity index (χ3v) is 5.23. The molecule has 5 aromatic rings. The zero-order valence-electron chi connectivity index (χ0n) is 16.5. The molecule has 0 fully saturated rings. The van der Waals surface area contributed by atoms with Crippen LogP contribution < -0.4 is 11.2 Å². The Kier molecular flexibility index (Phi) is 4.43. The molecule has 0 saturated heterocycles. The highest BCUT2D eigenvalue weighted by molar-refractivity contribution is 5.84. The first-order valence-electron chi connectivity index (χ1n) is 9.52. The molecule has 3 aromatic heterocycles. The molecule has 1 atom stereocenters. The van der Waals surface area contributed by atoms with Gasteiger partial charge in [0.25, 0.3) is 0 Å². The number of halogens is 3. The van der Waals surface area contributed by atoms with E-state index in [0.717, 1.165) is 12.1 Å². The fourth-order valence-corrected chi connectivity index (χ4v) is 3.75. The van der Waals surface area contributed by atoms with Gasteiger partial charge in [0.2, 0.25) is 5.43 Å². The Morgan fingerprint density at radius 1 is 1.09 bits per heavy atom.